The number of amides is 1. The summed E-state index contributed by atoms with van der Waals surface area (Å²) in [4.78, 5) is 30.5. The Balaban J connectivity index is 1.84. The Hall–Kier alpha value is -3.99. The van der Waals surface area contributed by atoms with Gasteiger partial charge in [0.2, 0.25) is 5.88 Å². The Morgan fingerprint density at radius 3 is 2.45 bits per heavy atom. The summed E-state index contributed by atoms with van der Waals surface area (Å²) in [6, 6.07) is 9.61. The Kier molecular flexibility index (Phi) is 7.68. The van der Waals surface area contributed by atoms with E-state index in [1.807, 2.05) is 18.7 Å². The van der Waals surface area contributed by atoms with Crippen LogP contribution in [0.5, 0.6) is 5.88 Å². The predicted molar refractivity (Wildman–Crippen MR) is 135 cm³/mol. The van der Waals surface area contributed by atoms with Crippen molar-refractivity contribution >= 4 is 23.6 Å². The number of aromatic nitrogens is 1. The number of carbonyl (C=O) groups excluding carboxylic acids is 2. The zero-order valence-electron chi connectivity index (χ0n) is 20.9. The lowest BCUT2D eigenvalue weighted by molar-refractivity contribution is -0.138. The highest BCUT2D eigenvalue weighted by Crippen LogP contribution is 2.38. The van der Waals surface area contributed by atoms with Gasteiger partial charge in [-0.3, -0.25) is 9.59 Å². The van der Waals surface area contributed by atoms with Gasteiger partial charge < -0.3 is 20.3 Å². The highest BCUT2D eigenvalue weighted by Gasteiger charge is 2.36. The quantitative estimate of drug-likeness (QED) is 0.338. The summed E-state index contributed by atoms with van der Waals surface area (Å²) >= 11 is 0. The fourth-order valence-electron chi connectivity index (χ4n) is 4.65. The number of aldehydes is 1. The minimum atomic E-state index is -4.86. The normalized spacial score (nSPS) is 17.7. The van der Waals surface area contributed by atoms with E-state index in [1.165, 1.54) is 25.3 Å². The van der Waals surface area contributed by atoms with Gasteiger partial charge >= 0.3 is 6.18 Å². The lowest BCUT2D eigenvalue weighted by Crippen LogP contribution is -2.54. The summed E-state index contributed by atoms with van der Waals surface area (Å²) in [7, 11) is 1.17. The molecule has 2 N–H and O–H groups in total. The monoisotopic (exact) mass is 530 g/mol. The molecule has 1 aliphatic rings. The summed E-state index contributed by atoms with van der Waals surface area (Å²) in [5.74, 6) is -2.02. The van der Waals surface area contributed by atoms with Crippen molar-refractivity contribution in [1.29, 1.82) is 0 Å². The maximum Gasteiger partial charge on any atom is 0.417 e. The van der Waals surface area contributed by atoms with Crippen LogP contribution in [0.15, 0.2) is 48.7 Å². The van der Waals surface area contributed by atoms with Crippen LogP contribution in [0.1, 0.15) is 40.1 Å². The smallest absolute Gasteiger partial charge is 0.417 e. The van der Waals surface area contributed by atoms with Crippen molar-refractivity contribution in [1.82, 2.24) is 10.3 Å². The standard InChI is InChI=1S/C27H26F4N4O3/c1-15-12-35(13-16(2)33-15)24-10-22(28)19(18-7-5-4-6-17(18)14-36)8-23(24)34-26(37)20-11-32-25(38-3)9-21(20)27(29,30)31/h4-11,14-16,33H,12-13H2,1-3H3,(H,34,37)/t15-,16+. The molecule has 1 fully saturated rings. The third-order valence-electron chi connectivity index (χ3n) is 6.25. The molecule has 0 saturated carbocycles. The largest absolute Gasteiger partial charge is 0.481 e. The number of nitrogens with one attached hydrogen (secondary N) is 2. The molecule has 0 spiro atoms. The number of nitrogens with zero attached hydrogens (tertiary/aromatic N) is 2. The van der Waals surface area contributed by atoms with Crippen LogP contribution in [0.4, 0.5) is 28.9 Å². The number of piperazine rings is 1. The number of carbonyl (C=O) groups is 2. The zero-order valence-corrected chi connectivity index (χ0v) is 20.9. The summed E-state index contributed by atoms with van der Waals surface area (Å²) in [5.41, 5.74) is -1.01. The number of rotatable bonds is 6. The van der Waals surface area contributed by atoms with Gasteiger partial charge in [0.15, 0.2) is 6.29 Å². The Bertz CT molecular complexity index is 1350. The molecule has 0 aliphatic carbocycles. The molecule has 7 nitrogen and oxygen atoms in total. The van der Waals surface area contributed by atoms with Crippen LogP contribution in [-0.2, 0) is 6.18 Å². The van der Waals surface area contributed by atoms with Crippen molar-refractivity contribution in [3.8, 4) is 17.0 Å². The van der Waals surface area contributed by atoms with Gasteiger partial charge in [0.25, 0.3) is 5.91 Å². The number of methoxy groups -OCH3 is 1. The summed E-state index contributed by atoms with van der Waals surface area (Å²) in [6.45, 7) is 4.83. The first-order valence-corrected chi connectivity index (χ1v) is 11.8. The Morgan fingerprint density at radius 1 is 1.13 bits per heavy atom. The maximum absolute atomic E-state index is 15.5. The first-order valence-electron chi connectivity index (χ1n) is 11.8. The van der Waals surface area contributed by atoms with Gasteiger partial charge in [0.1, 0.15) is 5.82 Å². The van der Waals surface area contributed by atoms with Crippen LogP contribution in [0, 0.1) is 5.82 Å². The molecular weight excluding hydrogens is 504 g/mol. The number of hydrogen-bond acceptors (Lipinski definition) is 6. The van der Waals surface area contributed by atoms with Crippen LogP contribution < -0.4 is 20.3 Å². The van der Waals surface area contributed by atoms with E-state index in [0.29, 0.717) is 31.1 Å². The van der Waals surface area contributed by atoms with E-state index in [-0.39, 0.29) is 40.3 Å². The first kappa shape index (κ1) is 27.1. The number of halogens is 4. The van der Waals surface area contributed by atoms with E-state index >= 15 is 4.39 Å². The maximum atomic E-state index is 15.5. The van der Waals surface area contributed by atoms with E-state index < -0.39 is 29.0 Å². The minimum Gasteiger partial charge on any atom is -0.481 e. The molecule has 200 valence electrons. The average Bonchev–Trinajstić information content (AvgIpc) is 2.88. The molecule has 11 heteroatoms. The molecule has 1 saturated heterocycles. The van der Waals surface area contributed by atoms with Crippen LogP contribution in [0.3, 0.4) is 0 Å². The number of anilines is 2. The molecule has 0 unspecified atom stereocenters. The van der Waals surface area contributed by atoms with E-state index in [2.05, 4.69) is 15.6 Å². The van der Waals surface area contributed by atoms with E-state index in [0.717, 1.165) is 6.20 Å². The summed E-state index contributed by atoms with van der Waals surface area (Å²) in [5, 5.41) is 5.90. The molecular formula is C27H26F4N4O3. The van der Waals surface area contributed by atoms with Crippen molar-refractivity contribution in [2.45, 2.75) is 32.1 Å². The molecule has 1 aliphatic heterocycles. The highest BCUT2D eigenvalue weighted by atomic mass is 19.4. The molecule has 2 atom stereocenters. The van der Waals surface area contributed by atoms with Gasteiger partial charge in [-0.1, -0.05) is 24.3 Å². The SMILES string of the molecule is COc1cc(C(F)(F)F)c(C(=O)Nc2cc(-c3ccccc3C=O)c(F)cc2N2C[C@@H](C)N[C@@H](C)C2)cn1. The lowest BCUT2D eigenvalue weighted by atomic mass is 9.98. The van der Waals surface area contributed by atoms with E-state index in [4.69, 9.17) is 4.74 Å². The molecule has 1 aromatic heterocycles. The summed E-state index contributed by atoms with van der Waals surface area (Å²) < 4.78 is 61.6. The first-order chi connectivity index (χ1) is 18.0. The van der Waals surface area contributed by atoms with E-state index in [9.17, 15) is 22.8 Å². The molecule has 2 heterocycles. The Labute approximate surface area is 216 Å². The number of alkyl halides is 3. The molecule has 0 radical (unpaired) electrons. The molecule has 0 bridgehead atoms. The number of pyridine rings is 1. The van der Waals surface area contributed by atoms with Crippen molar-refractivity contribution in [2.75, 3.05) is 30.4 Å². The van der Waals surface area contributed by atoms with Gasteiger partial charge in [-0.25, -0.2) is 9.37 Å². The van der Waals surface area contributed by atoms with Crippen LogP contribution >= 0.6 is 0 Å². The van der Waals surface area contributed by atoms with Crippen LogP contribution in [0.25, 0.3) is 11.1 Å². The second-order valence-electron chi connectivity index (χ2n) is 9.15. The minimum absolute atomic E-state index is 0.0203. The number of benzene rings is 2. The van der Waals surface area contributed by atoms with Gasteiger partial charge in [-0.2, -0.15) is 13.2 Å². The highest BCUT2D eigenvalue weighted by molar-refractivity contribution is 6.07. The molecule has 4 rings (SSSR count). The third-order valence-corrected chi connectivity index (χ3v) is 6.25. The lowest BCUT2D eigenvalue weighted by Gasteiger charge is -2.38. The molecule has 2 aromatic carbocycles. The van der Waals surface area contributed by atoms with Crippen LogP contribution in [-0.4, -0.2) is 49.5 Å². The Morgan fingerprint density at radius 2 is 1.82 bits per heavy atom. The zero-order chi connectivity index (χ0) is 27.6. The van der Waals surface area contributed by atoms with Crippen molar-refractivity contribution in [3.63, 3.8) is 0 Å². The second kappa shape index (κ2) is 10.8. The van der Waals surface area contributed by atoms with E-state index in [1.54, 1.807) is 18.2 Å². The number of hydrogen-bond donors (Lipinski definition) is 2. The van der Waals surface area contributed by atoms with Crippen molar-refractivity contribution in [3.05, 3.63) is 71.2 Å². The fourth-order valence-corrected chi connectivity index (χ4v) is 4.65. The van der Waals surface area contributed by atoms with Crippen molar-refractivity contribution in [2.24, 2.45) is 0 Å². The van der Waals surface area contributed by atoms with Gasteiger partial charge in [0, 0.05) is 48.6 Å². The molecule has 1 amide bonds. The third kappa shape index (κ3) is 5.62. The van der Waals surface area contributed by atoms with Crippen LogP contribution in [0.2, 0.25) is 0 Å². The van der Waals surface area contributed by atoms with Gasteiger partial charge in [-0.15, -0.1) is 0 Å². The van der Waals surface area contributed by atoms with Crippen molar-refractivity contribution < 1.29 is 31.9 Å². The molecule has 38 heavy (non-hydrogen) atoms. The fraction of sp³-hybridized carbons (Fsp3) is 0.296. The van der Waals surface area contributed by atoms with Gasteiger partial charge in [0.05, 0.1) is 29.6 Å². The molecule has 3 aromatic rings. The van der Waals surface area contributed by atoms with Gasteiger partial charge in [-0.05, 0) is 31.5 Å². The summed E-state index contributed by atoms with van der Waals surface area (Å²) in [6.07, 6.45) is -3.48. The second-order valence-corrected chi connectivity index (χ2v) is 9.15. The predicted octanol–water partition coefficient (Wildman–Crippen LogP) is 5.17. The average molecular weight is 531 g/mol. The topological polar surface area (TPSA) is 83.6 Å². The number of ether oxygens (including phenoxy) is 1.